The van der Waals surface area contributed by atoms with Crippen LogP contribution in [0.1, 0.15) is 58.3 Å². The molecular formula is C28H31N3O5. The van der Waals surface area contributed by atoms with Gasteiger partial charge in [0.25, 0.3) is 5.91 Å². The first-order valence-corrected chi connectivity index (χ1v) is 12.7. The average molecular weight is 490 g/mol. The largest absolute Gasteiger partial charge is 0.492 e. The molecule has 36 heavy (non-hydrogen) atoms. The van der Waals surface area contributed by atoms with Crippen LogP contribution in [0, 0.1) is 0 Å². The quantitative estimate of drug-likeness (QED) is 0.650. The second-order valence-electron chi connectivity index (χ2n) is 10.5. The zero-order valence-corrected chi connectivity index (χ0v) is 20.5. The molecule has 4 aliphatic heterocycles. The van der Waals surface area contributed by atoms with E-state index in [1.807, 2.05) is 6.07 Å². The fourth-order valence-corrected chi connectivity index (χ4v) is 6.28. The molecule has 4 aliphatic rings. The first-order valence-electron chi connectivity index (χ1n) is 12.7. The van der Waals surface area contributed by atoms with Crippen LogP contribution in [0.2, 0.25) is 0 Å². The summed E-state index contributed by atoms with van der Waals surface area (Å²) in [6.07, 6.45) is 2.62. The fourth-order valence-electron chi connectivity index (χ4n) is 6.28. The molecule has 6 rings (SSSR count). The standard InChI is InChI=1S/C28H31N3O5/c1-35-16-19-4-2-3-18(13-19)14-30-11-9-28(10-12-30)17-36-25-21-15-31(23-7-8-24(32)29-26(23)33)27(34)20(21)5-6-22(25)28/h2-6,13,23H,7-12,14-17H2,1H3,(H,29,32,33). The van der Waals surface area contributed by atoms with Gasteiger partial charge in [-0.15, -0.1) is 0 Å². The molecule has 4 heterocycles. The highest BCUT2D eigenvalue weighted by atomic mass is 16.5. The zero-order chi connectivity index (χ0) is 24.9. The summed E-state index contributed by atoms with van der Waals surface area (Å²) in [6, 6.07) is 11.9. The van der Waals surface area contributed by atoms with Crippen LogP contribution in [0.4, 0.5) is 0 Å². The van der Waals surface area contributed by atoms with Gasteiger partial charge in [-0.25, -0.2) is 0 Å². The van der Waals surface area contributed by atoms with Crippen molar-refractivity contribution in [2.24, 2.45) is 0 Å². The predicted molar refractivity (Wildman–Crippen MR) is 131 cm³/mol. The molecule has 0 aromatic heterocycles. The van der Waals surface area contributed by atoms with Gasteiger partial charge in [0.2, 0.25) is 11.8 Å². The summed E-state index contributed by atoms with van der Waals surface area (Å²) in [5.74, 6) is 0.0101. The summed E-state index contributed by atoms with van der Waals surface area (Å²) >= 11 is 0. The molecule has 1 unspecified atom stereocenters. The minimum Gasteiger partial charge on any atom is -0.492 e. The number of ether oxygens (including phenoxy) is 2. The Morgan fingerprint density at radius 1 is 1.11 bits per heavy atom. The lowest BCUT2D eigenvalue weighted by Gasteiger charge is -2.38. The molecule has 0 bridgehead atoms. The zero-order valence-electron chi connectivity index (χ0n) is 20.5. The number of rotatable bonds is 5. The number of fused-ring (bicyclic) bond motifs is 4. The monoisotopic (exact) mass is 489 g/mol. The molecule has 8 nitrogen and oxygen atoms in total. The van der Waals surface area contributed by atoms with Crippen molar-refractivity contribution in [2.45, 2.75) is 56.8 Å². The minimum atomic E-state index is -0.612. The van der Waals surface area contributed by atoms with E-state index in [1.54, 1.807) is 12.0 Å². The Balaban J connectivity index is 1.17. The van der Waals surface area contributed by atoms with Crippen LogP contribution in [0.15, 0.2) is 36.4 Å². The number of amides is 3. The first kappa shape index (κ1) is 23.2. The highest BCUT2D eigenvalue weighted by Gasteiger charge is 2.47. The number of hydrogen-bond donors (Lipinski definition) is 1. The van der Waals surface area contributed by atoms with Crippen molar-refractivity contribution in [3.05, 3.63) is 64.2 Å². The third-order valence-electron chi connectivity index (χ3n) is 8.25. The lowest BCUT2D eigenvalue weighted by molar-refractivity contribution is -0.136. The number of benzene rings is 2. The molecule has 2 aromatic rings. The molecule has 188 valence electrons. The highest BCUT2D eigenvalue weighted by molar-refractivity contribution is 6.05. The van der Waals surface area contributed by atoms with Gasteiger partial charge in [0, 0.05) is 42.2 Å². The topological polar surface area (TPSA) is 88.2 Å². The lowest BCUT2D eigenvalue weighted by Crippen LogP contribution is -2.52. The molecule has 3 amide bonds. The van der Waals surface area contributed by atoms with E-state index in [4.69, 9.17) is 9.47 Å². The van der Waals surface area contributed by atoms with E-state index in [2.05, 4.69) is 40.5 Å². The van der Waals surface area contributed by atoms with E-state index in [-0.39, 0.29) is 29.6 Å². The maximum absolute atomic E-state index is 13.2. The van der Waals surface area contributed by atoms with Gasteiger partial charge < -0.3 is 14.4 Å². The van der Waals surface area contributed by atoms with Gasteiger partial charge in [0.05, 0.1) is 19.8 Å². The van der Waals surface area contributed by atoms with Crippen molar-refractivity contribution in [3.8, 4) is 5.75 Å². The fraction of sp³-hybridized carbons (Fsp3) is 0.464. The predicted octanol–water partition coefficient (Wildman–Crippen LogP) is 2.52. The molecule has 1 spiro atoms. The van der Waals surface area contributed by atoms with Crippen LogP contribution in [0.5, 0.6) is 5.75 Å². The number of nitrogens with zero attached hydrogens (tertiary/aromatic N) is 2. The highest BCUT2D eigenvalue weighted by Crippen LogP contribution is 2.49. The number of imide groups is 1. The molecule has 2 fully saturated rings. The van der Waals surface area contributed by atoms with Crippen molar-refractivity contribution < 1.29 is 23.9 Å². The Morgan fingerprint density at radius 2 is 1.92 bits per heavy atom. The van der Waals surface area contributed by atoms with Crippen LogP contribution in [-0.2, 0) is 39.4 Å². The number of carbonyl (C=O) groups excluding carboxylic acids is 3. The van der Waals surface area contributed by atoms with Crippen molar-refractivity contribution >= 4 is 17.7 Å². The third kappa shape index (κ3) is 3.89. The Hall–Kier alpha value is -3.23. The molecule has 2 aromatic carbocycles. The summed E-state index contributed by atoms with van der Waals surface area (Å²) < 4.78 is 11.6. The molecule has 0 aliphatic carbocycles. The van der Waals surface area contributed by atoms with E-state index in [0.29, 0.717) is 31.7 Å². The molecule has 1 atom stereocenters. The van der Waals surface area contributed by atoms with Crippen LogP contribution in [0.3, 0.4) is 0 Å². The number of methoxy groups -OCH3 is 1. The van der Waals surface area contributed by atoms with Crippen LogP contribution in [-0.4, -0.2) is 60.4 Å². The molecule has 0 radical (unpaired) electrons. The summed E-state index contributed by atoms with van der Waals surface area (Å²) in [5.41, 5.74) is 5.15. The van der Waals surface area contributed by atoms with E-state index >= 15 is 0 Å². The summed E-state index contributed by atoms with van der Waals surface area (Å²) in [7, 11) is 1.72. The Labute approximate surface area is 210 Å². The van der Waals surface area contributed by atoms with E-state index < -0.39 is 6.04 Å². The summed E-state index contributed by atoms with van der Waals surface area (Å²) in [5, 5.41) is 2.37. The second kappa shape index (κ2) is 9.01. The van der Waals surface area contributed by atoms with E-state index in [0.717, 1.165) is 43.8 Å². The third-order valence-corrected chi connectivity index (χ3v) is 8.25. The normalized spacial score (nSPS) is 23.0. The maximum atomic E-state index is 13.2. The van der Waals surface area contributed by atoms with Gasteiger partial charge >= 0.3 is 0 Å². The second-order valence-corrected chi connectivity index (χ2v) is 10.5. The van der Waals surface area contributed by atoms with Gasteiger partial charge in [0.1, 0.15) is 11.8 Å². The van der Waals surface area contributed by atoms with Crippen LogP contribution < -0.4 is 10.1 Å². The Bertz CT molecular complexity index is 1230. The Kier molecular flexibility index (Phi) is 5.80. The lowest BCUT2D eigenvalue weighted by atomic mass is 9.74. The van der Waals surface area contributed by atoms with Gasteiger partial charge in [0.15, 0.2) is 0 Å². The minimum absolute atomic E-state index is 0.0378. The number of piperidine rings is 2. The smallest absolute Gasteiger partial charge is 0.255 e. The van der Waals surface area contributed by atoms with Gasteiger partial charge in [-0.1, -0.05) is 30.3 Å². The Morgan fingerprint density at radius 3 is 2.69 bits per heavy atom. The van der Waals surface area contributed by atoms with E-state index in [9.17, 15) is 14.4 Å². The molecule has 8 heteroatoms. The van der Waals surface area contributed by atoms with Crippen molar-refractivity contribution in [3.63, 3.8) is 0 Å². The maximum Gasteiger partial charge on any atom is 0.255 e. The SMILES string of the molecule is COCc1cccc(CN2CCC3(CC2)COc2c3ccc3c2CN(C2CCC(=O)NC2=O)C3=O)c1. The average Bonchev–Trinajstić information content (AvgIpc) is 3.39. The van der Waals surface area contributed by atoms with Crippen LogP contribution in [0.25, 0.3) is 0 Å². The van der Waals surface area contributed by atoms with Crippen molar-refractivity contribution in [1.82, 2.24) is 15.1 Å². The number of hydrogen-bond acceptors (Lipinski definition) is 6. The molecule has 2 saturated heterocycles. The van der Waals surface area contributed by atoms with Gasteiger partial charge in [-0.05, 0) is 49.5 Å². The number of likely N-dealkylation sites (tertiary alicyclic amines) is 1. The number of carbonyl (C=O) groups is 3. The van der Waals surface area contributed by atoms with Crippen molar-refractivity contribution in [1.29, 1.82) is 0 Å². The first-order chi connectivity index (χ1) is 17.5. The molecular weight excluding hydrogens is 458 g/mol. The number of nitrogens with one attached hydrogen (secondary N) is 1. The van der Waals surface area contributed by atoms with Gasteiger partial charge in [-0.3, -0.25) is 24.6 Å². The van der Waals surface area contributed by atoms with Gasteiger partial charge in [-0.2, -0.15) is 0 Å². The molecule has 0 saturated carbocycles. The summed E-state index contributed by atoms with van der Waals surface area (Å²) in [4.78, 5) is 41.2. The van der Waals surface area contributed by atoms with E-state index in [1.165, 1.54) is 16.7 Å². The summed E-state index contributed by atoms with van der Waals surface area (Å²) in [6.45, 7) is 4.48. The molecule has 1 N–H and O–H groups in total. The van der Waals surface area contributed by atoms with Crippen molar-refractivity contribution in [2.75, 3.05) is 26.8 Å². The van der Waals surface area contributed by atoms with Crippen LogP contribution >= 0.6 is 0 Å².